The maximum atomic E-state index is 12.6. The SMILES string of the molecule is O=C(CN1C(=O)CCC1=O)N(CCc1cccs1)Cc1ccoc1. The van der Waals surface area contributed by atoms with Crippen LogP contribution in [0.15, 0.2) is 40.5 Å². The van der Waals surface area contributed by atoms with Gasteiger partial charge in [0, 0.05) is 36.4 Å². The van der Waals surface area contributed by atoms with Crippen molar-refractivity contribution in [3.05, 3.63) is 46.5 Å². The van der Waals surface area contributed by atoms with Crippen LogP contribution in [-0.2, 0) is 27.3 Å². The Morgan fingerprint density at radius 2 is 2.04 bits per heavy atom. The Morgan fingerprint density at radius 1 is 1.25 bits per heavy atom. The Labute approximate surface area is 143 Å². The van der Waals surface area contributed by atoms with Gasteiger partial charge in [-0.1, -0.05) is 6.07 Å². The zero-order valence-electron chi connectivity index (χ0n) is 13.1. The van der Waals surface area contributed by atoms with E-state index in [2.05, 4.69) is 0 Å². The minimum Gasteiger partial charge on any atom is -0.472 e. The highest BCUT2D eigenvalue weighted by Gasteiger charge is 2.31. The predicted octanol–water partition coefficient (Wildman–Crippen LogP) is 2.06. The van der Waals surface area contributed by atoms with Crippen LogP contribution in [0.3, 0.4) is 0 Å². The average Bonchev–Trinajstić information content (AvgIpc) is 3.31. The summed E-state index contributed by atoms with van der Waals surface area (Å²) < 4.78 is 5.06. The van der Waals surface area contributed by atoms with Gasteiger partial charge in [0.05, 0.1) is 12.5 Å². The fourth-order valence-corrected chi connectivity index (χ4v) is 3.33. The first kappa shape index (κ1) is 16.4. The highest BCUT2D eigenvalue weighted by atomic mass is 32.1. The summed E-state index contributed by atoms with van der Waals surface area (Å²) in [6.07, 6.45) is 4.29. The number of furan rings is 1. The van der Waals surface area contributed by atoms with E-state index < -0.39 is 0 Å². The lowest BCUT2D eigenvalue weighted by Crippen LogP contribution is -2.42. The zero-order valence-corrected chi connectivity index (χ0v) is 14.0. The van der Waals surface area contributed by atoms with Gasteiger partial charge in [-0.3, -0.25) is 19.3 Å². The maximum Gasteiger partial charge on any atom is 0.243 e. The van der Waals surface area contributed by atoms with E-state index in [0.717, 1.165) is 16.9 Å². The maximum absolute atomic E-state index is 12.6. The molecule has 3 amide bonds. The molecule has 0 saturated carbocycles. The normalized spacial score (nSPS) is 14.4. The van der Waals surface area contributed by atoms with Crippen molar-refractivity contribution < 1.29 is 18.8 Å². The molecule has 0 aromatic carbocycles. The van der Waals surface area contributed by atoms with Crippen LogP contribution in [0.4, 0.5) is 0 Å². The molecule has 2 aromatic heterocycles. The van der Waals surface area contributed by atoms with Gasteiger partial charge in [0.15, 0.2) is 0 Å². The molecule has 1 saturated heterocycles. The lowest BCUT2D eigenvalue weighted by atomic mass is 10.2. The van der Waals surface area contributed by atoms with Crippen LogP contribution >= 0.6 is 11.3 Å². The van der Waals surface area contributed by atoms with Crippen molar-refractivity contribution >= 4 is 29.1 Å². The van der Waals surface area contributed by atoms with Crippen molar-refractivity contribution in [2.45, 2.75) is 25.8 Å². The Kier molecular flexibility index (Phi) is 5.10. The van der Waals surface area contributed by atoms with Gasteiger partial charge in [-0.2, -0.15) is 0 Å². The number of amides is 3. The molecule has 0 N–H and O–H groups in total. The molecule has 3 rings (SSSR count). The van der Waals surface area contributed by atoms with E-state index in [9.17, 15) is 14.4 Å². The van der Waals surface area contributed by atoms with E-state index in [-0.39, 0.29) is 37.1 Å². The summed E-state index contributed by atoms with van der Waals surface area (Å²) in [5, 5.41) is 2.00. The molecule has 6 nitrogen and oxygen atoms in total. The highest BCUT2D eigenvalue weighted by molar-refractivity contribution is 7.09. The topological polar surface area (TPSA) is 70.8 Å². The van der Waals surface area contributed by atoms with Crippen molar-refractivity contribution in [2.75, 3.05) is 13.1 Å². The minimum atomic E-state index is -0.269. The Balaban J connectivity index is 1.66. The fourth-order valence-electron chi connectivity index (χ4n) is 2.63. The van der Waals surface area contributed by atoms with E-state index in [1.54, 1.807) is 34.8 Å². The first-order valence-electron chi connectivity index (χ1n) is 7.78. The molecule has 2 aromatic rings. The second-order valence-corrected chi connectivity index (χ2v) is 6.68. The molecular weight excluding hydrogens is 328 g/mol. The van der Waals surface area contributed by atoms with Gasteiger partial charge < -0.3 is 9.32 Å². The summed E-state index contributed by atoms with van der Waals surface area (Å²) in [6, 6.07) is 5.81. The molecular formula is C17H18N2O4S. The van der Waals surface area contributed by atoms with Crippen LogP contribution in [-0.4, -0.2) is 40.6 Å². The molecule has 24 heavy (non-hydrogen) atoms. The number of carbonyl (C=O) groups excluding carboxylic acids is 3. The Morgan fingerprint density at radius 3 is 2.67 bits per heavy atom. The van der Waals surface area contributed by atoms with Crippen molar-refractivity contribution in [1.82, 2.24) is 9.80 Å². The lowest BCUT2D eigenvalue weighted by Gasteiger charge is -2.24. The predicted molar refractivity (Wildman–Crippen MR) is 88.1 cm³/mol. The molecule has 7 heteroatoms. The Bertz CT molecular complexity index is 693. The van der Waals surface area contributed by atoms with Crippen molar-refractivity contribution in [1.29, 1.82) is 0 Å². The third-order valence-electron chi connectivity index (χ3n) is 3.96. The highest BCUT2D eigenvalue weighted by Crippen LogP contribution is 2.15. The van der Waals surface area contributed by atoms with Gasteiger partial charge in [0.1, 0.15) is 6.54 Å². The molecule has 0 bridgehead atoms. The molecule has 0 unspecified atom stereocenters. The third kappa shape index (κ3) is 3.91. The van der Waals surface area contributed by atoms with Gasteiger partial charge >= 0.3 is 0 Å². The molecule has 1 fully saturated rings. The van der Waals surface area contributed by atoms with Crippen LogP contribution < -0.4 is 0 Å². The summed E-state index contributed by atoms with van der Waals surface area (Å²) in [6.45, 7) is 0.748. The molecule has 3 heterocycles. The van der Waals surface area contributed by atoms with E-state index in [4.69, 9.17) is 4.42 Å². The summed E-state index contributed by atoms with van der Waals surface area (Å²) in [5.41, 5.74) is 0.883. The number of likely N-dealkylation sites (tertiary alicyclic amines) is 1. The van der Waals surface area contributed by atoms with E-state index in [0.29, 0.717) is 13.1 Å². The van der Waals surface area contributed by atoms with E-state index in [1.165, 1.54) is 4.88 Å². The monoisotopic (exact) mass is 346 g/mol. The number of imide groups is 1. The molecule has 0 radical (unpaired) electrons. The summed E-state index contributed by atoms with van der Waals surface area (Å²) >= 11 is 1.64. The van der Waals surface area contributed by atoms with Crippen LogP contribution in [0.25, 0.3) is 0 Å². The summed E-state index contributed by atoms with van der Waals surface area (Å²) in [4.78, 5) is 40.0. The number of rotatable bonds is 7. The second kappa shape index (κ2) is 7.44. The number of nitrogens with zero attached hydrogens (tertiary/aromatic N) is 2. The number of hydrogen-bond donors (Lipinski definition) is 0. The van der Waals surface area contributed by atoms with Crippen molar-refractivity contribution in [2.24, 2.45) is 0 Å². The minimum absolute atomic E-state index is 0.181. The molecule has 1 aliphatic rings. The summed E-state index contributed by atoms with van der Waals surface area (Å²) in [7, 11) is 0. The molecule has 0 spiro atoms. The van der Waals surface area contributed by atoms with Gasteiger partial charge in [0.2, 0.25) is 17.7 Å². The van der Waals surface area contributed by atoms with Crippen LogP contribution in [0.5, 0.6) is 0 Å². The van der Waals surface area contributed by atoms with E-state index in [1.807, 2.05) is 17.5 Å². The van der Waals surface area contributed by atoms with Gasteiger partial charge in [0.25, 0.3) is 0 Å². The van der Waals surface area contributed by atoms with Crippen LogP contribution in [0.2, 0.25) is 0 Å². The largest absolute Gasteiger partial charge is 0.472 e. The standard InChI is InChI=1S/C17H18N2O4S/c20-15-3-4-16(21)19(15)11-17(22)18(10-13-6-8-23-12-13)7-5-14-2-1-9-24-14/h1-2,6,8-9,12H,3-5,7,10-11H2. The van der Waals surface area contributed by atoms with Crippen LogP contribution in [0, 0.1) is 0 Å². The zero-order chi connectivity index (χ0) is 16.9. The quantitative estimate of drug-likeness (QED) is 0.720. The smallest absolute Gasteiger partial charge is 0.243 e. The molecule has 0 aliphatic carbocycles. The summed E-state index contributed by atoms with van der Waals surface area (Å²) in [5.74, 6) is -0.763. The number of hydrogen-bond acceptors (Lipinski definition) is 5. The molecule has 126 valence electrons. The van der Waals surface area contributed by atoms with Gasteiger partial charge in [-0.25, -0.2) is 0 Å². The van der Waals surface area contributed by atoms with Crippen molar-refractivity contribution in [3.63, 3.8) is 0 Å². The fraction of sp³-hybridized carbons (Fsp3) is 0.353. The average molecular weight is 346 g/mol. The van der Waals surface area contributed by atoms with Crippen molar-refractivity contribution in [3.8, 4) is 0 Å². The van der Waals surface area contributed by atoms with Gasteiger partial charge in [-0.15, -0.1) is 11.3 Å². The molecule has 1 aliphatic heterocycles. The van der Waals surface area contributed by atoms with Crippen LogP contribution in [0.1, 0.15) is 23.3 Å². The third-order valence-corrected chi connectivity index (χ3v) is 4.90. The van der Waals surface area contributed by atoms with Gasteiger partial charge in [-0.05, 0) is 23.9 Å². The van der Waals surface area contributed by atoms with E-state index >= 15 is 0 Å². The first-order valence-corrected chi connectivity index (χ1v) is 8.66. The first-order chi connectivity index (χ1) is 11.6. The number of carbonyl (C=O) groups is 3. The Hall–Kier alpha value is -2.41. The lowest BCUT2D eigenvalue weighted by molar-refractivity contribution is -0.145. The number of thiophene rings is 1. The second-order valence-electron chi connectivity index (χ2n) is 5.65. The molecule has 0 atom stereocenters.